The van der Waals surface area contributed by atoms with Crippen molar-refractivity contribution >= 4 is 0 Å². The van der Waals surface area contributed by atoms with Crippen LogP contribution in [0, 0.1) is 6.92 Å². The number of hydrogen-bond acceptors (Lipinski definition) is 4. The van der Waals surface area contributed by atoms with Gasteiger partial charge >= 0.3 is 6.18 Å². The molecule has 0 radical (unpaired) electrons. The minimum atomic E-state index is -4.46. The van der Waals surface area contributed by atoms with Crippen molar-refractivity contribution in [3.8, 4) is 17.0 Å². The van der Waals surface area contributed by atoms with E-state index in [2.05, 4.69) is 10.1 Å². The fourth-order valence-corrected chi connectivity index (χ4v) is 2.78. The molecule has 0 atom stereocenters. The van der Waals surface area contributed by atoms with Gasteiger partial charge in [-0.15, -0.1) is 0 Å². The summed E-state index contributed by atoms with van der Waals surface area (Å²) in [6.45, 7) is 2.06. The monoisotopic (exact) mass is 389 g/mol. The topological polar surface area (TPSA) is 57.0 Å². The van der Waals surface area contributed by atoms with E-state index in [1.807, 2.05) is 25.1 Å². The lowest BCUT2D eigenvalue weighted by molar-refractivity contribution is -0.137. The van der Waals surface area contributed by atoms with Crippen molar-refractivity contribution in [3.63, 3.8) is 0 Å². The minimum Gasteiger partial charge on any atom is -0.496 e. The molecule has 0 unspecified atom stereocenters. The molecule has 1 aromatic carbocycles. The average molecular weight is 389 g/mol. The van der Waals surface area contributed by atoms with Crippen LogP contribution in [0.25, 0.3) is 11.3 Å². The summed E-state index contributed by atoms with van der Waals surface area (Å²) in [5, 5.41) is 4.35. The molecule has 146 valence electrons. The van der Waals surface area contributed by atoms with E-state index in [0.717, 1.165) is 23.4 Å². The van der Waals surface area contributed by atoms with Gasteiger partial charge in [-0.3, -0.25) is 9.78 Å². The highest BCUT2D eigenvalue weighted by Crippen LogP contribution is 2.30. The first-order valence-electron chi connectivity index (χ1n) is 8.52. The van der Waals surface area contributed by atoms with Gasteiger partial charge in [0, 0.05) is 30.6 Å². The van der Waals surface area contributed by atoms with Crippen LogP contribution in [0.3, 0.4) is 0 Å². The van der Waals surface area contributed by atoms with E-state index in [9.17, 15) is 18.0 Å². The zero-order valence-electron chi connectivity index (χ0n) is 15.3. The van der Waals surface area contributed by atoms with Gasteiger partial charge in [0.05, 0.1) is 18.4 Å². The molecule has 28 heavy (non-hydrogen) atoms. The molecule has 0 saturated carbocycles. The Hall–Kier alpha value is -3.16. The summed E-state index contributed by atoms with van der Waals surface area (Å²) < 4.78 is 45.1. The first-order valence-corrected chi connectivity index (χ1v) is 8.52. The van der Waals surface area contributed by atoms with Gasteiger partial charge in [0.2, 0.25) is 0 Å². The number of alkyl halides is 3. The molecule has 0 aliphatic carbocycles. The standard InChI is InChI=1S/C20H18F3N3O2/c1-13-3-4-16(18(9-13)28-2)17-5-6-19(27)26(25-17)8-7-14-10-15(12-24-11-14)20(21,22)23/h3-6,9-12H,7-8H2,1-2H3. The molecule has 5 nitrogen and oxygen atoms in total. The largest absolute Gasteiger partial charge is 0.496 e. The van der Waals surface area contributed by atoms with Gasteiger partial charge < -0.3 is 4.74 Å². The molecule has 0 spiro atoms. The zero-order valence-corrected chi connectivity index (χ0v) is 15.3. The van der Waals surface area contributed by atoms with E-state index in [-0.39, 0.29) is 18.5 Å². The van der Waals surface area contributed by atoms with Crippen molar-refractivity contribution in [1.82, 2.24) is 14.8 Å². The van der Waals surface area contributed by atoms with Gasteiger partial charge in [-0.1, -0.05) is 6.07 Å². The Morgan fingerprint density at radius 2 is 1.89 bits per heavy atom. The van der Waals surface area contributed by atoms with Gasteiger partial charge in [0.25, 0.3) is 5.56 Å². The number of ether oxygens (including phenoxy) is 1. The van der Waals surface area contributed by atoms with Gasteiger partial charge in [0.15, 0.2) is 0 Å². The predicted octanol–water partition coefficient (Wildman–Crippen LogP) is 3.88. The highest BCUT2D eigenvalue weighted by atomic mass is 19.4. The number of methoxy groups -OCH3 is 1. The fraction of sp³-hybridized carbons (Fsp3) is 0.250. The van der Waals surface area contributed by atoms with Gasteiger partial charge in [-0.25, -0.2) is 4.68 Å². The van der Waals surface area contributed by atoms with Crippen molar-refractivity contribution in [2.75, 3.05) is 7.11 Å². The second kappa shape index (κ2) is 7.84. The molecule has 8 heteroatoms. The van der Waals surface area contributed by atoms with Crippen molar-refractivity contribution in [1.29, 1.82) is 0 Å². The third-order valence-electron chi connectivity index (χ3n) is 4.23. The van der Waals surface area contributed by atoms with Crippen LogP contribution in [0.15, 0.2) is 53.6 Å². The highest BCUT2D eigenvalue weighted by molar-refractivity contribution is 5.67. The molecule has 2 aromatic heterocycles. The maximum absolute atomic E-state index is 12.8. The third-order valence-corrected chi connectivity index (χ3v) is 4.23. The number of benzene rings is 1. The Morgan fingerprint density at radius 3 is 2.61 bits per heavy atom. The first kappa shape index (κ1) is 19.6. The van der Waals surface area contributed by atoms with E-state index in [1.54, 1.807) is 13.2 Å². The SMILES string of the molecule is COc1cc(C)ccc1-c1ccc(=O)n(CCc2cncc(C(F)(F)F)c2)n1. The van der Waals surface area contributed by atoms with E-state index < -0.39 is 11.7 Å². The Kier molecular flexibility index (Phi) is 5.48. The summed E-state index contributed by atoms with van der Waals surface area (Å²) in [4.78, 5) is 15.8. The molecule has 0 amide bonds. The maximum atomic E-state index is 12.8. The summed E-state index contributed by atoms with van der Waals surface area (Å²) in [7, 11) is 1.55. The quantitative estimate of drug-likeness (QED) is 0.665. The molecule has 0 aliphatic heterocycles. The molecule has 0 N–H and O–H groups in total. The summed E-state index contributed by atoms with van der Waals surface area (Å²) in [5.41, 5.74) is 1.51. The van der Waals surface area contributed by atoms with Gasteiger partial charge in [-0.05, 0) is 48.7 Å². The molecule has 0 fully saturated rings. The highest BCUT2D eigenvalue weighted by Gasteiger charge is 2.30. The van der Waals surface area contributed by atoms with Crippen LogP contribution < -0.4 is 10.3 Å². The second-order valence-electron chi connectivity index (χ2n) is 6.31. The number of pyridine rings is 1. The van der Waals surface area contributed by atoms with E-state index >= 15 is 0 Å². The number of nitrogens with zero attached hydrogens (tertiary/aromatic N) is 3. The van der Waals surface area contributed by atoms with Crippen LogP contribution in [0.4, 0.5) is 13.2 Å². The molecular weight excluding hydrogens is 371 g/mol. The van der Waals surface area contributed by atoms with E-state index in [1.165, 1.54) is 16.9 Å². The average Bonchev–Trinajstić information content (AvgIpc) is 2.67. The lowest BCUT2D eigenvalue weighted by Crippen LogP contribution is -2.23. The molecule has 2 heterocycles. The predicted molar refractivity (Wildman–Crippen MR) is 98.2 cm³/mol. The van der Waals surface area contributed by atoms with Crippen LogP contribution in [-0.4, -0.2) is 21.9 Å². The first-order chi connectivity index (χ1) is 13.3. The summed E-state index contributed by atoms with van der Waals surface area (Å²) in [6.07, 6.45) is -2.14. The Balaban J connectivity index is 1.87. The van der Waals surface area contributed by atoms with Crippen LogP contribution in [0.1, 0.15) is 16.7 Å². The van der Waals surface area contributed by atoms with Crippen LogP contribution in [0.2, 0.25) is 0 Å². The number of hydrogen-bond donors (Lipinski definition) is 0. The van der Waals surface area contributed by atoms with E-state index in [4.69, 9.17) is 4.74 Å². The number of aromatic nitrogens is 3. The Labute approximate surface area is 159 Å². The Bertz CT molecular complexity index is 1050. The summed E-state index contributed by atoms with van der Waals surface area (Å²) in [6, 6.07) is 9.63. The molecule has 0 saturated heterocycles. The third kappa shape index (κ3) is 4.39. The van der Waals surface area contributed by atoms with Crippen LogP contribution in [0.5, 0.6) is 5.75 Å². The molecular formula is C20H18F3N3O2. The number of aryl methyl sites for hydroxylation is 3. The normalized spacial score (nSPS) is 11.5. The maximum Gasteiger partial charge on any atom is 0.417 e. The van der Waals surface area contributed by atoms with Crippen molar-refractivity contribution in [2.24, 2.45) is 0 Å². The smallest absolute Gasteiger partial charge is 0.417 e. The lowest BCUT2D eigenvalue weighted by atomic mass is 10.1. The number of rotatable bonds is 5. The fourth-order valence-electron chi connectivity index (χ4n) is 2.78. The van der Waals surface area contributed by atoms with Crippen LogP contribution in [-0.2, 0) is 19.1 Å². The van der Waals surface area contributed by atoms with Crippen molar-refractivity contribution in [2.45, 2.75) is 26.1 Å². The van der Waals surface area contributed by atoms with E-state index in [0.29, 0.717) is 17.0 Å². The van der Waals surface area contributed by atoms with Gasteiger partial charge in [0.1, 0.15) is 5.75 Å². The van der Waals surface area contributed by atoms with Crippen molar-refractivity contribution in [3.05, 3.63) is 75.8 Å². The zero-order chi connectivity index (χ0) is 20.3. The summed E-state index contributed by atoms with van der Waals surface area (Å²) in [5.74, 6) is 0.625. The molecule has 3 rings (SSSR count). The molecule has 0 aliphatic rings. The summed E-state index contributed by atoms with van der Waals surface area (Å²) >= 11 is 0. The second-order valence-corrected chi connectivity index (χ2v) is 6.31. The van der Waals surface area contributed by atoms with Gasteiger partial charge in [-0.2, -0.15) is 18.3 Å². The van der Waals surface area contributed by atoms with Crippen molar-refractivity contribution < 1.29 is 17.9 Å². The lowest BCUT2D eigenvalue weighted by Gasteiger charge is -2.11. The molecule has 3 aromatic rings. The molecule has 0 bridgehead atoms. The Morgan fingerprint density at radius 1 is 1.11 bits per heavy atom. The van der Waals surface area contributed by atoms with Crippen LogP contribution >= 0.6 is 0 Å². The minimum absolute atomic E-state index is 0.129. The number of halogens is 3.